The third-order valence-electron chi connectivity index (χ3n) is 2.52. The number of halogens is 1. The molecule has 0 aromatic heterocycles. The predicted octanol–water partition coefficient (Wildman–Crippen LogP) is 1.02. The van der Waals surface area contributed by atoms with E-state index in [1.54, 1.807) is 6.92 Å². The summed E-state index contributed by atoms with van der Waals surface area (Å²) in [7, 11) is -3.75. The minimum atomic E-state index is -3.75. The van der Waals surface area contributed by atoms with E-state index in [2.05, 4.69) is 9.88 Å². The fourth-order valence-corrected chi connectivity index (χ4v) is 2.78. The van der Waals surface area contributed by atoms with Crippen molar-refractivity contribution in [3.63, 3.8) is 0 Å². The van der Waals surface area contributed by atoms with E-state index in [1.165, 1.54) is 12.1 Å². The fourth-order valence-electron chi connectivity index (χ4n) is 1.46. The summed E-state index contributed by atoms with van der Waals surface area (Å²) in [5.41, 5.74) is 5.34. The topological polar surface area (TPSA) is 105 Å². The van der Waals surface area contributed by atoms with E-state index in [4.69, 9.17) is 10.9 Å². The SMILES string of the molecule is CCC(CC(N)=NO)NS(=O)(=O)c1ccc(F)cc1. The number of hydrogen-bond donors (Lipinski definition) is 3. The number of nitrogens with two attached hydrogens (primary N) is 1. The lowest BCUT2D eigenvalue weighted by Gasteiger charge is -2.16. The molecule has 4 N–H and O–H groups in total. The summed E-state index contributed by atoms with van der Waals surface area (Å²) in [6.07, 6.45) is 0.560. The highest BCUT2D eigenvalue weighted by Crippen LogP contribution is 2.11. The van der Waals surface area contributed by atoms with Crippen molar-refractivity contribution in [2.45, 2.75) is 30.7 Å². The summed E-state index contributed by atoms with van der Waals surface area (Å²) in [6.45, 7) is 1.77. The van der Waals surface area contributed by atoms with Crippen LogP contribution in [-0.2, 0) is 10.0 Å². The van der Waals surface area contributed by atoms with Gasteiger partial charge in [0.15, 0.2) is 0 Å². The zero-order valence-electron chi connectivity index (χ0n) is 10.4. The number of rotatable bonds is 6. The first-order valence-corrected chi connectivity index (χ1v) is 7.11. The van der Waals surface area contributed by atoms with Crippen molar-refractivity contribution in [1.82, 2.24) is 4.72 Å². The maximum absolute atomic E-state index is 12.7. The van der Waals surface area contributed by atoms with Crippen LogP contribution in [0.2, 0.25) is 0 Å². The Balaban J connectivity index is 2.86. The highest BCUT2D eigenvalue weighted by atomic mass is 32.2. The molecule has 1 unspecified atom stereocenters. The van der Waals surface area contributed by atoms with Gasteiger partial charge in [-0.2, -0.15) is 0 Å². The lowest BCUT2D eigenvalue weighted by atomic mass is 10.1. The maximum atomic E-state index is 12.7. The normalized spacial score (nSPS) is 14.3. The van der Waals surface area contributed by atoms with Crippen molar-refractivity contribution >= 4 is 15.9 Å². The first-order valence-electron chi connectivity index (χ1n) is 5.63. The number of benzene rings is 1. The van der Waals surface area contributed by atoms with Crippen LogP contribution in [0, 0.1) is 5.82 Å². The number of nitrogens with zero attached hydrogens (tertiary/aromatic N) is 1. The van der Waals surface area contributed by atoms with Crippen molar-refractivity contribution in [3.8, 4) is 0 Å². The third-order valence-corrected chi connectivity index (χ3v) is 4.06. The monoisotopic (exact) mass is 289 g/mol. The molecule has 1 aromatic rings. The van der Waals surface area contributed by atoms with Crippen molar-refractivity contribution in [2.24, 2.45) is 10.9 Å². The van der Waals surface area contributed by atoms with Gasteiger partial charge in [0.2, 0.25) is 10.0 Å². The number of nitrogens with one attached hydrogen (secondary N) is 1. The van der Waals surface area contributed by atoms with E-state index < -0.39 is 21.9 Å². The van der Waals surface area contributed by atoms with Crippen LogP contribution >= 0.6 is 0 Å². The molecule has 0 aliphatic carbocycles. The molecule has 0 aliphatic heterocycles. The molecule has 8 heteroatoms. The summed E-state index contributed by atoms with van der Waals surface area (Å²) in [6, 6.07) is 3.99. The van der Waals surface area contributed by atoms with Crippen LogP contribution in [-0.4, -0.2) is 25.5 Å². The Morgan fingerprint density at radius 1 is 1.47 bits per heavy atom. The lowest BCUT2D eigenvalue weighted by Crippen LogP contribution is -2.37. The van der Waals surface area contributed by atoms with Gasteiger partial charge in [-0.1, -0.05) is 12.1 Å². The van der Waals surface area contributed by atoms with Crippen LogP contribution in [0.25, 0.3) is 0 Å². The molecular weight excluding hydrogens is 273 g/mol. The van der Waals surface area contributed by atoms with Crippen molar-refractivity contribution in [1.29, 1.82) is 0 Å². The highest BCUT2D eigenvalue weighted by molar-refractivity contribution is 7.89. The van der Waals surface area contributed by atoms with Crippen LogP contribution in [0.15, 0.2) is 34.3 Å². The van der Waals surface area contributed by atoms with Crippen LogP contribution in [0.3, 0.4) is 0 Å². The lowest BCUT2D eigenvalue weighted by molar-refractivity contribution is 0.316. The molecule has 0 amide bonds. The largest absolute Gasteiger partial charge is 0.409 e. The van der Waals surface area contributed by atoms with E-state index in [-0.39, 0.29) is 17.2 Å². The fraction of sp³-hybridized carbons (Fsp3) is 0.364. The number of hydrogen-bond acceptors (Lipinski definition) is 4. The average Bonchev–Trinajstić information content (AvgIpc) is 2.38. The van der Waals surface area contributed by atoms with Crippen LogP contribution in [0.1, 0.15) is 19.8 Å². The van der Waals surface area contributed by atoms with Gasteiger partial charge in [-0.3, -0.25) is 0 Å². The molecule has 0 saturated heterocycles. The van der Waals surface area contributed by atoms with Crippen molar-refractivity contribution in [3.05, 3.63) is 30.1 Å². The van der Waals surface area contributed by atoms with Gasteiger partial charge >= 0.3 is 0 Å². The molecule has 0 fully saturated rings. The number of sulfonamides is 1. The van der Waals surface area contributed by atoms with Gasteiger partial charge in [0.25, 0.3) is 0 Å². The summed E-state index contributed by atoms with van der Waals surface area (Å²) < 4.78 is 39.2. The Labute approximate surface area is 111 Å². The number of oxime groups is 1. The van der Waals surface area contributed by atoms with E-state index >= 15 is 0 Å². The average molecular weight is 289 g/mol. The second-order valence-corrected chi connectivity index (χ2v) is 5.69. The molecule has 0 saturated carbocycles. The number of amidine groups is 1. The van der Waals surface area contributed by atoms with Gasteiger partial charge in [0, 0.05) is 12.5 Å². The second-order valence-electron chi connectivity index (χ2n) is 3.98. The van der Waals surface area contributed by atoms with E-state index in [0.29, 0.717) is 6.42 Å². The first kappa shape index (κ1) is 15.4. The zero-order valence-corrected chi connectivity index (χ0v) is 11.2. The van der Waals surface area contributed by atoms with E-state index in [0.717, 1.165) is 12.1 Å². The summed E-state index contributed by atoms with van der Waals surface area (Å²) >= 11 is 0. The van der Waals surface area contributed by atoms with Gasteiger partial charge in [-0.05, 0) is 30.7 Å². The summed E-state index contributed by atoms with van der Waals surface area (Å²) in [4.78, 5) is -0.0353. The van der Waals surface area contributed by atoms with Gasteiger partial charge < -0.3 is 10.9 Å². The molecule has 1 rings (SSSR count). The minimum absolute atomic E-state index is 0.0353. The zero-order chi connectivity index (χ0) is 14.5. The Hall–Kier alpha value is -1.67. The maximum Gasteiger partial charge on any atom is 0.240 e. The van der Waals surface area contributed by atoms with Crippen molar-refractivity contribution in [2.75, 3.05) is 0 Å². The highest BCUT2D eigenvalue weighted by Gasteiger charge is 2.19. The molecule has 0 heterocycles. The Morgan fingerprint density at radius 2 is 2.05 bits per heavy atom. The van der Waals surface area contributed by atoms with Gasteiger partial charge in [0.1, 0.15) is 11.7 Å². The Morgan fingerprint density at radius 3 is 2.53 bits per heavy atom. The molecule has 0 aliphatic rings. The summed E-state index contributed by atoms with van der Waals surface area (Å²) in [5, 5.41) is 11.3. The van der Waals surface area contributed by atoms with E-state index in [9.17, 15) is 12.8 Å². The molecule has 1 aromatic carbocycles. The predicted molar refractivity (Wildman–Crippen MR) is 68.8 cm³/mol. The molecule has 6 nitrogen and oxygen atoms in total. The summed E-state index contributed by atoms with van der Waals surface area (Å²) in [5.74, 6) is -0.573. The van der Waals surface area contributed by atoms with Gasteiger partial charge in [0.05, 0.1) is 4.90 Å². The third kappa shape index (κ3) is 4.49. The molecular formula is C11H16FN3O3S. The van der Waals surface area contributed by atoms with Crippen LogP contribution in [0.5, 0.6) is 0 Å². The van der Waals surface area contributed by atoms with Gasteiger partial charge in [-0.25, -0.2) is 17.5 Å². The molecule has 19 heavy (non-hydrogen) atoms. The first-order chi connectivity index (χ1) is 8.89. The molecule has 0 spiro atoms. The van der Waals surface area contributed by atoms with Crippen LogP contribution < -0.4 is 10.5 Å². The molecule has 0 radical (unpaired) electrons. The van der Waals surface area contributed by atoms with Gasteiger partial charge in [-0.15, -0.1) is 0 Å². The minimum Gasteiger partial charge on any atom is -0.409 e. The Bertz CT molecular complexity index is 543. The van der Waals surface area contributed by atoms with E-state index in [1.807, 2.05) is 0 Å². The molecule has 106 valence electrons. The standard InChI is InChI=1S/C11H16FN3O3S/c1-2-9(7-11(13)14-16)15-19(17,18)10-5-3-8(12)4-6-10/h3-6,9,15-16H,2,7H2,1H3,(H2,13,14). The molecule has 0 bridgehead atoms. The van der Waals surface area contributed by atoms with Crippen LogP contribution in [0.4, 0.5) is 4.39 Å². The molecule has 1 atom stereocenters. The Kier molecular flexibility index (Phi) is 5.25. The van der Waals surface area contributed by atoms with Crippen molar-refractivity contribution < 1.29 is 18.0 Å². The smallest absolute Gasteiger partial charge is 0.240 e. The second kappa shape index (κ2) is 6.48. The quantitative estimate of drug-likeness (QED) is 0.315.